The lowest BCUT2D eigenvalue weighted by Gasteiger charge is -2.13. The van der Waals surface area contributed by atoms with Crippen molar-refractivity contribution in [2.75, 3.05) is 5.75 Å². The molecule has 0 aromatic heterocycles. The van der Waals surface area contributed by atoms with E-state index in [0.29, 0.717) is 11.0 Å². The van der Waals surface area contributed by atoms with Crippen molar-refractivity contribution in [1.82, 2.24) is 0 Å². The lowest BCUT2D eigenvalue weighted by Crippen LogP contribution is -2.08. The van der Waals surface area contributed by atoms with Crippen molar-refractivity contribution in [1.29, 1.82) is 0 Å². The number of ketones is 1. The van der Waals surface area contributed by atoms with E-state index >= 15 is 0 Å². The van der Waals surface area contributed by atoms with Gasteiger partial charge in [0.2, 0.25) is 0 Å². The van der Waals surface area contributed by atoms with E-state index in [4.69, 9.17) is 0 Å². The Kier molecular flexibility index (Phi) is 3.26. The minimum atomic E-state index is 0.465. The van der Waals surface area contributed by atoms with Crippen LogP contribution < -0.4 is 0 Å². The molecule has 0 radical (unpaired) electrons. The highest BCUT2D eigenvalue weighted by atomic mass is 32.2. The summed E-state index contributed by atoms with van der Waals surface area (Å²) >= 11 is 2.00. The van der Waals surface area contributed by atoms with Gasteiger partial charge in [-0.2, -0.15) is 11.8 Å². The first-order chi connectivity index (χ1) is 4.79. The lowest BCUT2D eigenvalue weighted by atomic mass is 10.1. The lowest BCUT2D eigenvalue weighted by molar-refractivity contribution is -0.119. The average Bonchev–Trinajstić information content (AvgIpc) is 1.90. The standard InChI is InChI=1S/C8H14OS/c1-7-4-5-8(9)3-2-6-10-7/h7H,2-6H2,1H3. The van der Waals surface area contributed by atoms with Crippen molar-refractivity contribution in [2.45, 2.75) is 37.9 Å². The number of carbonyl (C=O) groups is 1. The Hall–Kier alpha value is 0.0200. The minimum absolute atomic E-state index is 0.465. The monoisotopic (exact) mass is 158 g/mol. The summed E-state index contributed by atoms with van der Waals surface area (Å²) in [5.41, 5.74) is 0. The Balaban J connectivity index is 2.29. The normalized spacial score (nSPS) is 29.3. The molecule has 0 aliphatic carbocycles. The molecule has 10 heavy (non-hydrogen) atoms. The second-order valence-corrected chi connectivity index (χ2v) is 4.41. The van der Waals surface area contributed by atoms with Crippen molar-refractivity contribution in [3.63, 3.8) is 0 Å². The molecule has 1 aliphatic heterocycles. The summed E-state index contributed by atoms with van der Waals surface area (Å²) in [5, 5.41) is 0.698. The molecule has 0 aromatic rings. The van der Waals surface area contributed by atoms with E-state index in [0.717, 1.165) is 25.7 Å². The van der Waals surface area contributed by atoms with Gasteiger partial charge in [0.25, 0.3) is 0 Å². The summed E-state index contributed by atoms with van der Waals surface area (Å²) in [6.07, 6.45) is 3.81. The molecule has 1 atom stereocenters. The van der Waals surface area contributed by atoms with Crippen molar-refractivity contribution < 1.29 is 4.79 Å². The SMILES string of the molecule is CC1CCC(=O)CCCS1. The molecule has 1 rings (SSSR count). The van der Waals surface area contributed by atoms with Gasteiger partial charge in [0.05, 0.1) is 0 Å². The molecule has 1 aliphatic rings. The molecule has 0 saturated carbocycles. The molecule has 58 valence electrons. The molecule has 1 heterocycles. The fraction of sp³-hybridized carbons (Fsp3) is 0.875. The van der Waals surface area contributed by atoms with E-state index in [1.54, 1.807) is 0 Å². The molecule has 1 saturated heterocycles. The van der Waals surface area contributed by atoms with Crippen LogP contribution in [0.5, 0.6) is 0 Å². The first-order valence-electron chi connectivity index (χ1n) is 3.92. The first-order valence-corrected chi connectivity index (χ1v) is 4.97. The van der Waals surface area contributed by atoms with Crippen LogP contribution in [-0.4, -0.2) is 16.8 Å². The van der Waals surface area contributed by atoms with Gasteiger partial charge in [0.1, 0.15) is 5.78 Å². The Morgan fingerprint density at radius 2 is 2.30 bits per heavy atom. The Labute approximate surface area is 66.6 Å². The van der Waals surface area contributed by atoms with Crippen LogP contribution in [0.1, 0.15) is 32.6 Å². The number of rotatable bonds is 0. The van der Waals surface area contributed by atoms with Crippen molar-refractivity contribution in [3.8, 4) is 0 Å². The summed E-state index contributed by atoms with van der Waals surface area (Å²) in [4.78, 5) is 11.0. The van der Waals surface area contributed by atoms with Crippen LogP contribution in [0.4, 0.5) is 0 Å². The molecule has 0 N–H and O–H groups in total. The summed E-state index contributed by atoms with van der Waals surface area (Å²) < 4.78 is 0. The van der Waals surface area contributed by atoms with Crippen LogP contribution in [0, 0.1) is 0 Å². The highest BCUT2D eigenvalue weighted by Crippen LogP contribution is 2.20. The Morgan fingerprint density at radius 1 is 1.50 bits per heavy atom. The molecular formula is C8H14OS. The minimum Gasteiger partial charge on any atom is -0.300 e. The van der Waals surface area contributed by atoms with Crippen molar-refractivity contribution >= 4 is 17.5 Å². The molecular weight excluding hydrogens is 144 g/mol. The van der Waals surface area contributed by atoms with Gasteiger partial charge in [-0.05, 0) is 18.6 Å². The molecule has 1 fully saturated rings. The third-order valence-corrected chi connectivity index (χ3v) is 3.16. The van der Waals surface area contributed by atoms with Crippen molar-refractivity contribution in [3.05, 3.63) is 0 Å². The van der Waals surface area contributed by atoms with Gasteiger partial charge >= 0.3 is 0 Å². The first kappa shape index (κ1) is 8.12. The quantitative estimate of drug-likeness (QED) is 0.538. The smallest absolute Gasteiger partial charge is 0.132 e. The number of hydrogen-bond donors (Lipinski definition) is 0. The van der Waals surface area contributed by atoms with Crippen LogP contribution in [0.25, 0.3) is 0 Å². The summed E-state index contributed by atoms with van der Waals surface area (Å²) in [5.74, 6) is 1.64. The molecule has 1 nitrogen and oxygen atoms in total. The van der Waals surface area contributed by atoms with Crippen LogP contribution in [0.3, 0.4) is 0 Å². The fourth-order valence-electron chi connectivity index (χ4n) is 1.13. The summed E-state index contributed by atoms with van der Waals surface area (Å²) in [6, 6.07) is 0. The largest absolute Gasteiger partial charge is 0.300 e. The van der Waals surface area contributed by atoms with Gasteiger partial charge in [0, 0.05) is 18.1 Å². The summed E-state index contributed by atoms with van der Waals surface area (Å²) in [7, 11) is 0. The maximum absolute atomic E-state index is 11.0. The second kappa shape index (κ2) is 4.02. The summed E-state index contributed by atoms with van der Waals surface area (Å²) in [6.45, 7) is 2.21. The predicted molar refractivity (Wildman–Crippen MR) is 45.4 cm³/mol. The van der Waals surface area contributed by atoms with Crippen LogP contribution >= 0.6 is 11.8 Å². The Bertz CT molecular complexity index is 122. The zero-order chi connectivity index (χ0) is 7.40. The van der Waals surface area contributed by atoms with Gasteiger partial charge in [-0.1, -0.05) is 6.92 Å². The van der Waals surface area contributed by atoms with E-state index in [-0.39, 0.29) is 0 Å². The highest BCUT2D eigenvalue weighted by molar-refractivity contribution is 7.99. The van der Waals surface area contributed by atoms with Gasteiger partial charge in [-0.25, -0.2) is 0 Å². The van der Waals surface area contributed by atoms with Gasteiger partial charge in [-0.15, -0.1) is 0 Å². The van der Waals surface area contributed by atoms with E-state index in [2.05, 4.69) is 6.92 Å². The van der Waals surface area contributed by atoms with Gasteiger partial charge < -0.3 is 0 Å². The number of hydrogen-bond acceptors (Lipinski definition) is 2. The molecule has 0 bridgehead atoms. The molecule has 0 aromatic carbocycles. The Morgan fingerprint density at radius 3 is 3.10 bits per heavy atom. The molecule has 0 spiro atoms. The third-order valence-electron chi connectivity index (χ3n) is 1.83. The van der Waals surface area contributed by atoms with E-state index < -0.39 is 0 Å². The predicted octanol–water partition coefficient (Wildman–Crippen LogP) is 2.25. The van der Waals surface area contributed by atoms with Crippen LogP contribution in [-0.2, 0) is 4.79 Å². The third kappa shape index (κ3) is 2.74. The molecule has 2 heteroatoms. The molecule has 1 unspecified atom stereocenters. The zero-order valence-corrected chi connectivity index (χ0v) is 7.25. The van der Waals surface area contributed by atoms with E-state index in [9.17, 15) is 4.79 Å². The topological polar surface area (TPSA) is 17.1 Å². The van der Waals surface area contributed by atoms with Gasteiger partial charge in [0.15, 0.2) is 0 Å². The van der Waals surface area contributed by atoms with Crippen LogP contribution in [0.15, 0.2) is 0 Å². The number of thioether (sulfide) groups is 1. The second-order valence-electron chi connectivity index (χ2n) is 2.86. The maximum atomic E-state index is 11.0. The number of Topliss-reactive ketones (excluding diaryl/α,β-unsaturated/α-hetero) is 1. The van der Waals surface area contributed by atoms with E-state index in [1.165, 1.54) is 5.75 Å². The highest BCUT2D eigenvalue weighted by Gasteiger charge is 2.10. The fourth-order valence-corrected chi connectivity index (χ4v) is 2.12. The number of carbonyl (C=O) groups excluding carboxylic acids is 1. The van der Waals surface area contributed by atoms with Crippen molar-refractivity contribution in [2.24, 2.45) is 0 Å². The van der Waals surface area contributed by atoms with Crippen LogP contribution in [0.2, 0.25) is 0 Å². The average molecular weight is 158 g/mol. The maximum Gasteiger partial charge on any atom is 0.132 e. The van der Waals surface area contributed by atoms with Gasteiger partial charge in [-0.3, -0.25) is 4.79 Å². The zero-order valence-electron chi connectivity index (χ0n) is 6.43. The van der Waals surface area contributed by atoms with E-state index in [1.807, 2.05) is 11.8 Å². The molecule has 0 amide bonds.